The van der Waals surface area contributed by atoms with Crippen LogP contribution in [0.1, 0.15) is 15.7 Å². The molecule has 0 bridgehead atoms. The fourth-order valence-corrected chi connectivity index (χ4v) is 5.53. The molecule has 1 unspecified atom stereocenters. The van der Waals surface area contributed by atoms with Crippen LogP contribution in [0.2, 0.25) is 0 Å². The van der Waals surface area contributed by atoms with Gasteiger partial charge >= 0.3 is 11.8 Å². The lowest BCUT2D eigenvalue weighted by atomic mass is 10.2. The summed E-state index contributed by atoms with van der Waals surface area (Å²) < 4.78 is 39.3. The summed E-state index contributed by atoms with van der Waals surface area (Å²) in [5, 5.41) is 5.51. The van der Waals surface area contributed by atoms with E-state index in [0.29, 0.717) is 4.88 Å². The van der Waals surface area contributed by atoms with Gasteiger partial charge in [0.1, 0.15) is 11.1 Å². The molecule has 156 valence electrons. The van der Waals surface area contributed by atoms with Crippen molar-refractivity contribution in [2.24, 2.45) is 0 Å². The number of carbonyl (C=O) groups is 2. The molecule has 9 heteroatoms. The average molecular weight is 447 g/mol. The Kier molecular flexibility index (Phi) is 6.96. The molecule has 0 aliphatic heterocycles. The maximum absolute atomic E-state index is 13.2. The van der Waals surface area contributed by atoms with Crippen molar-refractivity contribution >= 4 is 33.0 Å². The molecule has 1 aromatic heterocycles. The molecule has 0 saturated carbocycles. The summed E-state index contributed by atoms with van der Waals surface area (Å²) in [5.74, 6) is -2.34. The molecule has 0 saturated heterocycles. The zero-order valence-corrected chi connectivity index (χ0v) is 17.4. The van der Waals surface area contributed by atoms with Gasteiger partial charge in [-0.15, -0.1) is 11.3 Å². The van der Waals surface area contributed by atoms with Crippen molar-refractivity contribution in [1.29, 1.82) is 0 Å². The Morgan fingerprint density at radius 1 is 0.900 bits per heavy atom. The lowest BCUT2D eigenvalue weighted by Gasteiger charge is -2.17. The Morgan fingerprint density at radius 2 is 1.57 bits per heavy atom. The highest BCUT2D eigenvalue weighted by Crippen LogP contribution is 2.31. The second kappa shape index (κ2) is 9.64. The first-order valence-corrected chi connectivity index (χ1v) is 11.4. The molecule has 2 amide bonds. The molecule has 1 atom stereocenters. The van der Waals surface area contributed by atoms with E-state index >= 15 is 0 Å². The molecule has 30 heavy (non-hydrogen) atoms. The van der Waals surface area contributed by atoms with Crippen LogP contribution in [0.3, 0.4) is 0 Å². The minimum absolute atomic E-state index is 0.0647. The summed E-state index contributed by atoms with van der Waals surface area (Å²) in [7, 11) is -3.92. The first-order chi connectivity index (χ1) is 14.4. The number of benzene rings is 2. The van der Waals surface area contributed by atoms with Crippen LogP contribution >= 0.6 is 11.3 Å². The van der Waals surface area contributed by atoms with E-state index < -0.39 is 32.7 Å². The largest absolute Gasteiger partial charge is 0.346 e. The fraction of sp³-hybridized carbons (Fsp3) is 0.143. The lowest BCUT2D eigenvalue weighted by molar-refractivity contribution is -0.139. The molecular weight excluding hydrogens is 427 g/mol. The van der Waals surface area contributed by atoms with Gasteiger partial charge < -0.3 is 10.6 Å². The van der Waals surface area contributed by atoms with Gasteiger partial charge in [-0.3, -0.25) is 9.59 Å². The molecule has 1 heterocycles. The standard InChI is InChI=1S/C21H19FN2O4S2/c22-16-8-10-17(11-9-16)30(27,28)19(18-7-4-12-29-18)14-24-21(26)20(25)23-13-15-5-2-1-3-6-15/h1-12,19H,13-14H2,(H,23,25)(H,24,26). The third-order valence-corrected chi connectivity index (χ3v) is 7.56. The Bertz CT molecular complexity index is 1100. The first kappa shape index (κ1) is 21.7. The van der Waals surface area contributed by atoms with Gasteiger partial charge in [-0.1, -0.05) is 36.4 Å². The number of amides is 2. The first-order valence-electron chi connectivity index (χ1n) is 9.01. The van der Waals surface area contributed by atoms with Crippen LogP contribution in [0.4, 0.5) is 4.39 Å². The summed E-state index contributed by atoms with van der Waals surface area (Å²) in [6, 6.07) is 16.9. The van der Waals surface area contributed by atoms with E-state index in [2.05, 4.69) is 10.6 Å². The van der Waals surface area contributed by atoms with Crippen LogP contribution < -0.4 is 10.6 Å². The van der Waals surface area contributed by atoms with Crippen LogP contribution in [0.5, 0.6) is 0 Å². The van der Waals surface area contributed by atoms with Crippen LogP contribution in [-0.2, 0) is 26.0 Å². The Labute approximate surface area is 177 Å². The number of rotatable bonds is 7. The average Bonchev–Trinajstić information content (AvgIpc) is 3.27. The number of sulfone groups is 1. The second-order valence-corrected chi connectivity index (χ2v) is 9.49. The van der Waals surface area contributed by atoms with Crippen LogP contribution in [0.25, 0.3) is 0 Å². The lowest BCUT2D eigenvalue weighted by Crippen LogP contribution is -2.42. The molecule has 0 aliphatic carbocycles. The zero-order valence-electron chi connectivity index (χ0n) is 15.7. The minimum Gasteiger partial charge on any atom is -0.346 e. The fourth-order valence-electron chi connectivity index (χ4n) is 2.75. The third kappa shape index (κ3) is 5.31. The van der Waals surface area contributed by atoms with Crippen LogP contribution in [0.15, 0.2) is 77.0 Å². The van der Waals surface area contributed by atoms with Crippen molar-refractivity contribution in [3.8, 4) is 0 Å². The zero-order chi connectivity index (χ0) is 21.6. The van der Waals surface area contributed by atoms with Gasteiger partial charge in [-0.05, 0) is 41.3 Å². The summed E-state index contributed by atoms with van der Waals surface area (Å²) in [5.41, 5.74) is 0.828. The maximum atomic E-state index is 13.2. The number of halogens is 1. The molecule has 2 N–H and O–H groups in total. The molecule has 6 nitrogen and oxygen atoms in total. The molecular formula is C21H19FN2O4S2. The Morgan fingerprint density at radius 3 is 2.20 bits per heavy atom. The SMILES string of the molecule is O=C(NCc1ccccc1)C(=O)NCC(c1cccs1)S(=O)(=O)c1ccc(F)cc1. The van der Waals surface area contributed by atoms with Crippen LogP contribution in [0, 0.1) is 5.82 Å². The van der Waals surface area contributed by atoms with Crippen molar-refractivity contribution in [3.05, 3.63) is 88.4 Å². The Hall–Kier alpha value is -3.04. The number of hydrogen-bond acceptors (Lipinski definition) is 5. The van der Waals surface area contributed by atoms with Gasteiger partial charge in [0.05, 0.1) is 4.90 Å². The molecule has 0 aliphatic rings. The summed E-state index contributed by atoms with van der Waals surface area (Å²) >= 11 is 1.22. The van der Waals surface area contributed by atoms with Gasteiger partial charge in [-0.2, -0.15) is 0 Å². The van der Waals surface area contributed by atoms with Gasteiger partial charge in [0.15, 0.2) is 9.84 Å². The summed E-state index contributed by atoms with van der Waals surface area (Å²) in [6.45, 7) is -0.118. The van der Waals surface area contributed by atoms with Crippen molar-refractivity contribution in [2.75, 3.05) is 6.54 Å². The number of carbonyl (C=O) groups excluding carboxylic acids is 2. The van der Waals surface area contributed by atoms with Gasteiger partial charge in [-0.25, -0.2) is 12.8 Å². The molecule has 0 radical (unpaired) electrons. The molecule has 3 aromatic rings. The highest BCUT2D eigenvalue weighted by molar-refractivity contribution is 7.91. The second-order valence-electron chi connectivity index (χ2n) is 6.38. The van der Waals surface area contributed by atoms with Gasteiger partial charge in [0, 0.05) is 18.0 Å². The van der Waals surface area contributed by atoms with E-state index in [4.69, 9.17) is 0 Å². The minimum atomic E-state index is -3.92. The van der Waals surface area contributed by atoms with E-state index in [1.54, 1.807) is 29.6 Å². The van der Waals surface area contributed by atoms with E-state index in [9.17, 15) is 22.4 Å². The number of hydrogen-bond donors (Lipinski definition) is 2. The van der Waals surface area contributed by atoms with Crippen molar-refractivity contribution in [1.82, 2.24) is 10.6 Å². The summed E-state index contributed by atoms with van der Waals surface area (Å²) in [6.07, 6.45) is 0. The highest BCUT2D eigenvalue weighted by Gasteiger charge is 2.31. The predicted molar refractivity (Wildman–Crippen MR) is 112 cm³/mol. The summed E-state index contributed by atoms with van der Waals surface area (Å²) in [4.78, 5) is 24.7. The van der Waals surface area contributed by atoms with Crippen molar-refractivity contribution in [3.63, 3.8) is 0 Å². The monoisotopic (exact) mass is 446 g/mol. The quantitative estimate of drug-likeness (QED) is 0.431. The molecule has 2 aromatic carbocycles. The normalized spacial score (nSPS) is 12.2. The number of nitrogens with one attached hydrogen (secondary N) is 2. The van der Waals surface area contributed by atoms with Gasteiger partial charge in [0.2, 0.25) is 0 Å². The van der Waals surface area contributed by atoms with Crippen molar-refractivity contribution < 1.29 is 22.4 Å². The topological polar surface area (TPSA) is 92.3 Å². The molecule has 0 spiro atoms. The van der Waals surface area contributed by atoms with Gasteiger partial charge in [0.25, 0.3) is 0 Å². The third-order valence-electron chi connectivity index (χ3n) is 4.33. The highest BCUT2D eigenvalue weighted by atomic mass is 32.2. The van der Waals surface area contributed by atoms with E-state index in [0.717, 1.165) is 17.7 Å². The molecule has 3 rings (SSSR count). The smallest absolute Gasteiger partial charge is 0.309 e. The predicted octanol–water partition coefficient (Wildman–Crippen LogP) is 2.83. The van der Waals surface area contributed by atoms with E-state index in [1.165, 1.54) is 23.5 Å². The molecule has 0 fully saturated rings. The van der Waals surface area contributed by atoms with Crippen LogP contribution in [-0.4, -0.2) is 26.8 Å². The Balaban J connectivity index is 1.69. The van der Waals surface area contributed by atoms with Crippen molar-refractivity contribution in [2.45, 2.75) is 16.7 Å². The van der Waals surface area contributed by atoms with E-state index in [-0.39, 0.29) is 18.0 Å². The number of thiophene rings is 1. The van der Waals surface area contributed by atoms with E-state index in [1.807, 2.05) is 18.2 Å². The maximum Gasteiger partial charge on any atom is 0.309 e.